The van der Waals surface area contributed by atoms with E-state index >= 15 is 0 Å². The normalized spacial score (nSPS) is 28.6. The summed E-state index contributed by atoms with van der Waals surface area (Å²) in [6.07, 6.45) is 4.48. The zero-order valence-electron chi connectivity index (χ0n) is 10.1. The first-order valence-corrected chi connectivity index (χ1v) is 6.26. The Morgan fingerprint density at radius 1 is 1.53 bits per heavy atom. The minimum absolute atomic E-state index is 0.105. The molecular formula is C12H19N3O2. The SMILES string of the molecule is Cc1nn(C2CC2)cc1OC[C@@H]1COC[C@H]1N. The van der Waals surface area contributed by atoms with Crippen LogP contribution in [-0.4, -0.2) is 35.6 Å². The van der Waals surface area contributed by atoms with Gasteiger partial charge in [-0.3, -0.25) is 4.68 Å². The van der Waals surface area contributed by atoms with Crippen LogP contribution in [0, 0.1) is 12.8 Å². The third kappa shape index (κ3) is 2.30. The van der Waals surface area contributed by atoms with Crippen LogP contribution in [0.25, 0.3) is 0 Å². The lowest BCUT2D eigenvalue weighted by molar-refractivity contribution is 0.167. The standard InChI is InChI=1S/C12H19N3O2/c1-8-12(4-15(14-8)10-2-3-10)17-6-9-5-16-7-11(9)13/h4,9-11H,2-3,5-7,13H2,1H3/t9-,11+/m0/s1. The predicted molar refractivity (Wildman–Crippen MR) is 63.0 cm³/mol. The zero-order valence-corrected chi connectivity index (χ0v) is 10.1. The van der Waals surface area contributed by atoms with E-state index in [1.807, 2.05) is 17.8 Å². The van der Waals surface area contributed by atoms with Gasteiger partial charge in [0, 0.05) is 12.0 Å². The maximum atomic E-state index is 5.92. The molecule has 0 radical (unpaired) electrons. The van der Waals surface area contributed by atoms with Gasteiger partial charge in [0.25, 0.3) is 0 Å². The van der Waals surface area contributed by atoms with Crippen molar-refractivity contribution < 1.29 is 9.47 Å². The molecule has 2 N–H and O–H groups in total. The summed E-state index contributed by atoms with van der Waals surface area (Å²) in [7, 11) is 0. The van der Waals surface area contributed by atoms with Gasteiger partial charge in [0.15, 0.2) is 5.75 Å². The van der Waals surface area contributed by atoms with Crippen molar-refractivity contribution in [3.63, 3.8) is 0 Å². The summed E-state index contributed by atoms with van der Waals surface area (Å²) in [5, 5.41) is 4.47. The first-order chi connectivity index (χ1) is 8.24. The van der Waals surface area contributed by atoms with Crippen LogP contribution in [-0.2, 0) is 4.74 Å². The smallest absolute Gasteiger partial charge is 0.160 e. The average Bonchev–Trinajstić information content (AvgIpc) is 2.98. The van der Waals surface area contributed by atoms with E-state index in [0.29, 0.717) is 31.8 Å². The molecule has 0 spiro atoms. The second kappa shape index (κ2) is 4.31. The summed E-state index contributed by atoms with van der Waals surface area (Å²) < 4.78 is 13.1. The lowest BCUT2D eigenvalue weighted by atomic mass is 10.1. The van der Waals surface area contributed by atoms with E-state index in [0.717, 1.165) is 11.4 Å². The van der Waals surface area contributed by atoms with E-state index in [-0.39, 0.29) is 6.04 Å². The van der Waals surface area contributed by atoms with E-state index in [1.165, 1.54) is 12.8 Å². The van der Waals surface area contributed by atoms with Crippen LogP contribution in [0.1, 0.15) is 24.6 Å². The number of nitrogens with two attached hydrogens (primary N) is 1. The van der Waals surface area contributed by atoms with Crippen LogP contribution in [0.15, 0.2) is 6.20 Å². The Kier molecular flexibility index (Phi) is 2.80. The Labute approximate surface area is 101 Å². The second-order valence-corrected chi connectivity index (χ2v) is 5.06. The van der Waals surface area contributed by atoms with Gasteiger partial charge in [-0.15, -0.1) is 0 Å². The minimum Gasteiger partial charge on any atom is -0.490 e. The Morgan fingerprint density at radius 3 is 3.00 bits per heavy atom. The highest BCUT2D eigenvalue weighted by Gasteiger charge is 2.27. The van der Waals surface area contributed by atoms with Gasteiger partial charge in [0.2, 0.25) is 0 Å². The highest BCUT2D eigenvalue weighted by atomic mass is 16.5. The molecule has 1 aliphatic carbocycles. The number of aromatic nitrogens is 2. The number of aryl methyl sites for hydroxylation is 1. The molecule has 0 amide bonds. The molecule has 1 saturated carbocycles. The van der Waals surface area contributed by atoms with Gasteiger partial charge in [0.1, 0.15) is 5.69 Å². The first kappa shape index (κ1) is 11.0. The topological polar surface area (TPSA) is 62.3 Å². The number of hydrogen-bond donors (Lipinski definition) is 1. The largest absolute Gasteiger partial charge is 0.490 e. The highest BCUT2D eigenvalue weighted by molar-refractivity contribution is 5.23. The molecule has 1 aliphatic heterocycles. The molecule has 2 atom stereocenters. The van der Waals surface area contributed by atoms with Gasteiger partial charge in [-0.05, 0) is 19.8 Å². The molecule has 0 unspecified atom stereocenters. The zero-order chi connectivity index (χ0) is 11.8. The van der Waals surface area contributed by atoms with E-state index in [9.17, 15) is 0 Å². The maximum absolute atomic E-state index is 5.92. The van der Waals surface area contributed by atoms with Crippen LogP contribution >= 0.6 is 0 Å². The van der Waals surface area contributed by atoms with Crippen LogP contribution in [0.3, 0.4) is 0 Å². The summed E-state index contributed by atoms with van der Waals surface area (Å²) in [6.45, 7) is 3.96. The number of nitrogens with zero attached hydrogens (tertiary/aromatic N) is 2. The quantitative estimate of drug-likeness (QED) is 0.844. The van der Waals surface area contributed by atoms with Gasteiger partial charge in [-0.2, -0.15) is 5.10 Å². The molecule has 94 valence electrons. The highest BCUT2D eigenvalue weighted by Crippen LogP contribution is 2.35. The molecule has 2 heterocycles. The van der Waals surface area contributed by atoms with Gasteiger partial charge < -0.3 is 15.2 Å². The van der Waals surface area contributed by atoms with E-state index < -0.39 is 0 Å². The summed E-state index contributed by atoms with van der Waals surface area (Å²) in [5.41, 5.74) is 6.88. The van der Waals surface area contributed by atoms with Crippen molar-refractivity contribution >= 4 is 0 Å². The molecule has 0 aromatic carbocycles. The van der Waals surface area contributed by atoms with E-state index in [2.05, 4.69) is 5.10 Å². The Balaban J connectivity index is 1.60. The van der Waals surface area contributed by atoms with Crippen molar-refractivity contribution in [3.8, 4) is 5.75 Å². The van der Waals surface area contributed by atoms with Gasteiger partial charge in [-0.25, -0.2) is 0 Å². The summed E-state index contributed by atoms with van der Waals surface area (Å²) >= 11 is 0. The summed E-state index contributed by atoms with van der Waals surface area (Å²) in [5.74, 6) is 1.19. The van der Waals surface area contributed by atoms with Crippen LogP contribution in [0.2, 0.25) is 0 Å². The maximum Gasteiger partial charge on any atom is 0.160 e. The third-order valence-electron chi connectivity index (χ3n) is 3.49. The molecule has 2 aliphatic rings. The van der Waals surface area contributed by atoms with Gasteiger partial charge in [-0.1, -0.05) is 0 Å². The van der Waals surface area contributed by atoms with E-state index in [4.69, 9.17) is 15.2 Å². The molecule has 0 bridgehead atoms. The van der Waals surface area contributed by atoms with Crippen molar-refractivity contribution in [2.75, 3.05) is 19.8 Å². The Bertz CT molecular complexity index is 400. The van der Waals surface area contributed by atoms with E-state index in [1.54, 1.807) is 0 Å². The first-order valence-electron chi connectivity index (χ1n) is 6.26. The lowest BCUT2D eigenvalue weighted by Gasteiger charge is -2.13. The molecule has 1 aromatic heterocycles. The fourth-order valence-electron chi connectivity index (χ4n) is 2.12. The monoisotopic (exact) mass is 237 g/mol. The molecule has 1 aromatic rings. The molecule has 2 fully saturated rings. The molecule has 3 rings (SSSR count). The van der Waals surface area contributed by atoms with Crippen molar-refractivity contribution in [1.82, 2.24) is 9.78 Å². The Morgan fingerprint density at radius 2 is 2.35 bits per heavy atom. The second-order valence-electron chi connectivity index (χ2n) is 5.06. The average molecular weight is 237 g/mol. The number of ether oxygens (including phenoxy) is 2. The summed E-state index contributed by atoms with van der Waals surface area (Å²) in [6, 6.07) is 0.705. The lowest BCUT2D eigenvalue weighted by Crippen LogP contribution is -2.32. The predicted octanol–water partition coefficient (Wildman–Crippen LogP) is 0.879. The molecule has 1 saturated heterocycles. The van der Waals surface area contributed by atoms with Crippen molar-refractivity contribution in [2.24, 2.45) is 11.7 Å². The molecule has 5 nitrogen and oxygen atoms in total. The van der Waals surface area contributed by atoms with Crippen molar-refractivity contribution in [3.05, 3.63) is 11.9 Å². The fraction of sp³-hybridized carbons (Fsp3) is 0.750. The Hall–Kier alpha value is -1.07. The van der Waals surface area contributed by atoms with Crippen molar-refractivity contribution in [1.29, 1.82) is 0 Å². The molecule has 17 heavy (non-hydrogen) atoms. The van der Waals surface area contributed by atoms with Crippen LogP contribution < -0.4 is 10.5 Å². The van der Waals surface area contributed by atoms with Crippen LogP contribution in [0.4, 0.5) is 0 Å². The minimum atomic E-state index is 0.105. The molecular weight excluding hydrogens is 218 g/mol. The summed E-state index contributed by atoms with van der Waals surface area (Å²) in [4.78, 5) is 0. The van der Waals surface area contributed by atoms with Crippen molar-refractivity contribution in [2.45, 2.75) is 31.8 Å². The van der Waals surface area contributed by atoms with Gasteiger partial charge in [0.05, 0.1) is 32.1 Å². The third-order valence-corrected chi connectivity index (χ3v) is 3.49. The fourth-order valence-corrected chi connectivity index (χ4v) is 2.12. The number of rotatable bonds is 4. The molecule has 5 heteroatoms. The van der Waals surface area contributed by atoms with Crippen LogP contribution in [0.5, 0.6) is 5.75 Å². The number of hydrogen-bond acceptors (Lipinski definition) is 4. The van der Waals surface area contributed by atoms with Gasteiger partial charge >= 0.3 is 0 Å².